The number of hydrogen-bond acceptors (Lipinski definition) is 3. The third kappa shape index (κ3) is 5.85. The molecule has 122 valence electrons. The first-order valence-corrected chi connectivity index (χ1v) is 7.59. The van der Waals surface area contributed by atoms with Crippen LogP contribution in [0.5, 0.6) is 0 Å². The van der Waals surface area contributed by atoms with Crippen LogP contribution < -0.4 is 10.6 Å². The summed E-state index contributed by atoms with van der Waals surface area (Å²) in [4.78, 5) is 25.1. The molecule has 22 heavy (non-hydrogen) atoms. The van der Waals surface area contributed by atoms with E-state index in [0.29, 0.717) is 13.0 Å². The molecule has 0 fully saturated rings. The summed E-state index contributed by atoms with van der Waals surface area (Å²) in [6, 6.07) is 6.22. The van der Waals surface area contributed by atoms with Crippen molar-refractivity contribution in [2.75, 3.05) is 27.2 Å². The number of carbonyl (C=O) groups excluding carboxylic acids is 2. The van der Waals surface area contributed by atoms with Gasteiger partial charge in [0.05, 0.1) is 12.6 Å². The Morgan fingerprint density at radius 2 is 1.91 bits per heavy atom. The predicted octanol–water partition coefficient (Wildman–Crippen LogP) is 1.55. The first-order chi connectivity index (χ1) is 10.3. The lowest BCUT2D eigenvalue weighted by Gasteiger charge is -2.20. The van der Waals surface area contributed by atoms with Crippen molar-refractivity contribution in [3.63, 3.8) is 0 Å². The average Bonchev–Trinajstić information content (AvgIpc) is 2.46. The van der Waals surface area contributed by atoms with Crippen LogP contribution in [0.15, 0.2) is 18.2 Å². The maximum atomic E-state index is 12.1. The Hall–Kier alpha value is -1.88. The summed E-state index contributed by atoms with van der Waals surface area (Å²) in [7, 11) is 3.45. The highest BCUT2D eigenvalue weighted by molar-refractivity contribution is 5.79. The fourth-order valence-corrected chi connectivity index (χ4v) is 2.33. The zero-order valence-electron chi connectivity index (χ0n) is 14.2. The lowest BCUT2D eigenvalue weighted by molar-refractivity contribution is -0.124. The Bertz CT molecular complexity index is 529. The summed E-state index contributed by atoms with van der Waals surface area (Å²) in [5, 5.41) is 5.59. The number of aryl methyl sites for hydroxylation is 2. The average molecular weight is 305 g/mol. The number of nitrogens with one attached hydrogen (secondary N) is 2. The quantitative estimate of drug-likeness (QED) is 0.803. The molecule has 0 saturated heterocycles. The van der Waals surface area contributed by atoms with Crippen molar-refractivity contribution in [1.82, 2.24) is 15.5 Å². The number of amides is 2. The number of benzene rings is 1. The summed E-state index contributed by atoms with van der Waals surface area (Å²) in [5.74, 6) is -0.0520. The topological polar surface area (TPSA) is 61.4 Å². The van der Waals surface area contributed by atoms with Crippen molar-refractivity contribution in [1.29, 1.82) is 0 Å². The Kier molecular flexibility index (Phi) is 7.05. The predicted molar refractivity (Wildman–Crippen MR) is 88.7 cm³/mol. The first-order valence-electron chi connectivity index (χ1n) is 7.59. The minimum absolute atomic E-state index is 0.0176. The molecule has 0 spiro atoms. The van der Waals surface area contributed by atoms with Gasteiger partial charge in [0, 0.05) is 20.0 Å². The van der Waals surface area contributed by atoms with Gasteiger partial charge in [-0.05, 0) is 38.9 Å². The molecule has 0 aliphatic rings. The Morgan fingerprint density at radius 1 is 1.23 bits per heavy atom. The van der Waals surface area contributed by atoms with E-state index in [0.717, 1.165) is 5.56 Å². The van der Waals surface area contributed by atoms with Gasteiger partial charge < -0.3 is 10.6 Å². The van der Waals surface area contributed by atoms with Gasteiger partial charge in [-0.15, -0.1) is 0 Å². The largest absolute Gasteiger partial charge is 0.359 e. The van der Waals surface area contributed by atoms with Crippen LogP contribution in [0, 0.1) is 13.8 Å². The maximum absolute atomic E-state index is 12.1. The van der Waals surface area contributed by atoms with E-state index in [1.165, 1.54) is 11.1 Å². The molecular weight excluding hydrogens is 278 g/mol. The lowest BCUT2D eigenvalue weighted by atomic mass is 10.00. The van der Waals surface area contributed by atoms with Gasteiger partial charge in [-0.3, -0.25) is 14.5 Å². The highest BCUT2D eigenvalue weighted by atomic mass is 16.2. The van der Waals surface area contributed by atoms with Crippen molar-refractivity contribution < 1.29 is 9.59 Å². The van der Waals surface area contributed by atoms with Crippen LogP contribution in [0.4, 0.5) is 0 Å². The molecule has 1 rings (SSSR count). The van der Waals surface area contributed by atoms with E-state index in [2.05, 4.69) is 28.8 Å². The molecule has 2 amide bonds. The van der Waals surface area contributed by atoms with Crippen LogP contribution in [0.1, 0.15) is 36.1 Å². The van der Waals surface area contributed by atoms with Gasteiger partial charge in [0.15, 0.2) is 0 Å². The normalized spacial score (nSPS) is 12.1. The molecule has 0 bridgehead atoms. The summed E-state index contributed by atoms with van der Waals surface area (Å²) < 4.78 is 0. The molecule has 0 saturated carbocycles. The van der Waals surface area contributed by atoms with Crippen LogP contribution in [0.3, 0.4) is 0 Å². The van der Waals surface area contributed by atoms with Gasteiger partial charge in [0.1, 0.15) is 0 Å². The van der Waals surface area contributed by atoms with Crippen molar-refractivity contribution in [2.24, 2.45) is 0 Å². The van der Waals surface area contributed by atoms with Crippen molar-refractivity contribution >= 4 is 11.8 Å². The minimum Gasteiger partial charge on any atom is -0.359 e. The third-order valence-electron chi connectivity index (χ3n) is 3.69. The Morgan fingerprint density at radius 3 is 2.55 bits per heavy atom. The highest BCUT2D eigenvalue weighted by Crippen LogP contribution is 2.18. The van der Waals surface area contributed by atoms with Crippen molar-refractivity contribution in [2.45, 2.75) is 33.2 Å². The molecule has 0 aliphatic carbocycles. The van der Waals surface area contributed by atoms with Gasteiger partial charge in [-0.1, -0.05) is 23.8 Å². The molecule has 1 aromatic carbocycles. The van der Waals surface area contributed by atoms with E-state index in [4.69, 9.17) is 0 Å². The molecule has 1 aromatic rings. The standard InChI is InChI=1S/C17H27N3O2/c1-12-6-7-13(2)15(10-12)14(3)19-17(22)11-20(5)9-8-16(21)18-4/h6-7,10,14H,8-9,11H2,1-5H3,(H,18,21)(H,19,22). The van der Waals surface area contributed by atoms with E-state index in [-0.39, 0.29) is 24.4 Å². The second kappa shape index (κ2) is 8.54. The van der Waals surface area contributed by atoms with Crippen LogP contribution in [0.2, 0.25) is 0 Å². The summed E-state index contributed by atoms with van der Waals surface area (Å²) in [5.41, 5.74) is 3.50. The van der Waals surface area contributed by atoms with Crippen molar-refractivity contribution in [3.05, 3.63) is 34.9 Å². The van der Waals surface area contributed by atoms with E-state index < -0.39 is 0 Å². The summed E-state index contributed by atoms with van der Waals surface area (Å²) in [6.07, 6.45) is 0.396. The van der Waals surface area contributed by atoms with Gasteiger partial charge in [0.2, 0.25) is 11.8 Å². The third-order valence-corrected chi connectivity index (χ3v) is 3.69. The van der Waals surface area contributed by atoms with Gasteiger partial charge in [0.25, 0.3) is 0 Å². The number of hydrogen-bond donors (Lipinski definition) is 2. The molecule has 1 atom stereocenters. The lowest BCUT2D eigenvalue weighted by Crippen LogP contribution is -2.38. The van der Waals surface area contributed by atoms with E-state index in [1.807, 2.05) is 32.7 Å². The molecule has 0 heterocycles. The number of likely N-dealkylation sites (N-methyl/N-ethyl adjacent to an activating group) is 1. The molecular formula is C17H27N3O2. The molecule has 0 aliphatic heterocycles. The van der Waals surface area contributed by atoms with E-state index in [9.17, 15) is 9.59 Å². The minimum atomic E-state index is -0.0344. The highest BCUT2D eigenvalue weighted by Gasteiger charge is 2.13. The van der Waals surface area contributed by atoms with Crippen LogP contribution in [-0.4, -0.2) is 43.9 Å². The van der Waals surface area contributed by atoms with Crippen LogP contribution in [0.25, 0.3) is 0 Å². The van der Waals surface area contributed by atoms with E-state index in [1.54, 1.807) is 7.05 Å². The second-order valence-corrected chi connectivity index (χ2v) is 5.81. The maximum Gasteiger partial charge on any atom is 0.234 e. The summed E-state index contributed by atoms with van der Waals surface area (Å²) in [6.45, 7) is 6.93. The summed E-state index contributed by atoms with van der Waals surface area (Å²) >= 11 is 0. The van der Waals surface area contributed by atoms with Crippen LogP contribution in [-0.2, 0) is 9.59 Å². The fourth-order valence-electron chi connectivity index (χ4n) is 2.33. The Balaban J connectivity index is 2.50. The molecule has 2 N–H and O–H groups in total. The molecule has 5 nitrogen and oxygen atoms in total. The smallest absolute Gasteiger partial charge is 0.234 e. The van der Waals surface area contributed by atoms with Gasteiger partial charge >= 0.3 is 0 Å². The second-order valence-electron chi connectivity index (χ2n) is 5.81. The Labute approximate surface area is 133 Å². The zero-order valence-corrected chi connectivity index (χ0v) is 14.2. The van der Waals surface area contributed by atoms with Crippen molar-refractivity contribution in [3.8, 4) is 0 Å². The number of nitrogens with zero attached hydrogens (tertiary/aromatic N) is 1. The van der Waals surface area contributed by atoms with Gasteiger partial charge in [-0.25, -0.2) is 0 Å². The molecule has 0 aromatic heterocycles. The van der Waals surface area contributed by atoms with Crippen LogP contribution >= 0.6 is 0 Å². The SMILES string of the molecule is CNC(=O)CCN(C)CC(=O)NC(C)c1cc(C)ccc1C. The molecule has 0 radical (unpaired) electrons. The first kappa shape index (κ1) is 18.2. The number of carbonyl (C=O) groups is 2. The monoisotopic (exact) mass is 305 g/mol. The van der Waals surface area contributed by atoms with Gasteiger partial charge in [-0.2, -0.15) is 0 Å². The molecule has 1 unspecified atom stereocenters. The van der Waals surface area contributed by atoms with E-state index >= 15 is 0 Å². The number of rotatable bonds is 7. The zero-order chi connectivity index (χ0) is 16.7. The molecule has 5 heteroatoms. The fraction of sp³-hybridized carbons (Fsp3) is 0.529.